The highest BCUT2D eigenvalue weighted by atomic mass is 16.6. The molecule has 27 heavy (non-hydrogen) atoms. The summed E-state index contributed by atoms with van der Waals surface area (Å²) in [5.74, 6) is 2.48. The second kappa shape index (κ2) is 12.6. The van der Waals surface area contributed by atoms with E-state index in [0.29, 0.717) is 0 Å². The van der Waals surface area contributed by atoms with E-state index in [0.717, 1.165) is 37.3 Å². The van der Waals surface area contributed by atoms with Gasteiger partial charge < -0.3 is 9.74 Å². The molecule has 150 valence electrons. The molecule has 0 saturated carbocycles. The highest BCUT2D eigenvalue weighted by Gasteiger charge is 2.15. The fraction of sp³-hybridized carbons (Fsp3) is 0.625. The number of hydrogen-bond donors (Lipinski definition) is 0. The van der Waals surface area contributed by atoms with Crippen LogP contribution in [0.15, 0.2) is 29.4 Å². The molecule has 0 aliphatic heterocycles. The van der Waals surface area contributed by atoms with Gasteiger partial charge in [0.05, 0.1) is 5.71 Å². The standard InChI is InChI=1S/C24H38N2O/c1-7-10-17-26(18-11-8-2)19-16-23(25-27-20-9-3)21-12-14-22(15-13-21)24(4,5)6/h3,12-15H,7-8,10-11,16-20H2,1-2,4-6H3/b25-23+. The molecule has 0 aliphatic rings. The van der Waals surface area contributed by atoms with Crippen molar-refractivity contribution in [3.05, 3.63) is 35.4 Å². The summed E-state index contributed by atoms with van der Waals surface area (Å²) in [4.78, 5) is 7.87. The van der Waals surface area contributed by atoms with Crippen LogP contribution < -0.4 is 0 Å². The van der Waals surface area contributed by atoms with Crippen LogP contribution in [0.5, 0.6) is 0 Å². The molecule has 1 aromatic carbocycles. The number of rotatable bonds is 12. The Morgan fingerprint density at radius 1 is 1.04 bits per heavy atom. The first kappa shape index (κ1) is 23.2. The molecule has 3 heteroatoms. The summed E-state index contributed by atoms with van der Waals surface area (Å²) in [6, 6.07) is 8.69. The van der Waals surface area contributed by atoms with Gasteiger partial charge in [-0.1, -0.05) is 82.8 Å². The first-order chi connectivity index (χ1) is 12.9. The fourth-order valence-electron chi connectivity index (χ4n) is 2.92. The van der Waals surface area contributed by atoms with Crippen molar-refractivity contribution in [2.45, 2.75) is 72.1 Å². The van der Waals surface area contributed by atoms with E-state index >= 15 is 0 Å². The zero-order chi connectivity index (χ0) is 20.1. The van der Waals surface area contributed by atoms with Crippen molar-refractivity contribution in [2.75, 3.05) is 26.2 Å². The normalized spacial score (nSPS) is 12.3. The smallest absolute Gasteiger partial charge is 0.177 e. The SMILES string of the molecule is C#CCO/N=C(\CCN(CCCC)CCCC)c1ccc(C(C)(C)C)cc1. The molecule has 0 N–H and O–H groups in total. The Morgan fingerprint density at radius 2 is 1.63 bits per heavy atom. The molecule has 1 aromatic rings. The second-order valence-electron chi connectivity index (χ2n) is 8.14. The Bertz CT molecular complexity index is 582. The van der Waals surface area contributed by atoms with Crippen LogP contribution in [0.4, 0.5) is 0 Å². The molecule has 0 aliphatic carbocycles. The molecule has 0 aromatic heterocycles. The van der Waals surface area contributed by atoms with E-state index in [1.807, 2.05) is 0 Å². The van der Waals surface area contributed by atoms with Crippen molar-refractivity contribution in [2.24, 2.45) is 5.16 Å². The maximum atomic E-state index is 5.32. The van der Waals surface area contributed by atoms with E-state index in [2.05, 4.69) is 74.9 Å². The Morgan fingerprint density at radius 3 is 2.11 bits per heavy atom. The lowest BCUT2D eigenvalue weighted by molar-refractivity contribution is 0.178. The summed E-state index contributed by atoms with van der Waals surface area (Å²) in [6.07, 6.45) is 11.1. The largest absolute Gasteiger partial charge is 0.382 e. The maximum absolute atomic E-state index is 5.32. The van der Waals surface area contributed by atoms with Gasteiger partial charge >= 0.3 is 0 Å². The average molecular weight is 371 g/mol. The third-order valence-electron chi connectivity index (χ3n) is 4.73. The van der Waals surface area contributed by atoms with E-state index in [1.54, 1.807) is 0 Å². The molecule has 1 rings (SSSR count). The van der Waals surface area contributed by atoms with Crippen LogP contribution in [0.25, 0.3) is 0 Å². The molecule has 0 radical (unpaired) electrons. The van der Waals surface area contributed by atoms with Crippen LogP contribution in [0.2, 0.25) is 0 Å². The number of terminal acetylenes is 1. The molecule has 0 bridgehead atoms. The number of nitrogens with zero attached hydrogens (tertiary/aromatic N) is 2. The fourth-order valence-corrected chi connectivity index (χ4v) is 2.92. The van der Waals surface area contributed by atoms with Gasteiger partial charge in [0.1, 0.15) is 0 Å². The van der Waals surface area contributed by atoms with Crippen molar-refractivity contribution >= 4 is 5.71 Å². The maximum Gasteiger partial charge on any atom is 0.177 e. The Balaban J connectivity index is 2.87. The van der Waals surface area contributed by atoms with E-state index in [-0.39, 0.29) is 12.0 Å². The van der Waals surface area contributed by atoms with Crippen molar-refractivity contribution in [3.63, 3.8) is 0 Å². The number of unbranched alkanes of at least 4 members (excludes halogenated alkanes) is 2. The predicted molar refractivity (Wildman–Crippen MR) is 117 cm³/mol. The number of hydrogen-bond acceptors (Lipinski definition) is 3. The zero-order valence-corrected chi connectivity index (χ0v) is 18.1. The molecule has 0 heterocycles. The van der Waals surface area contributed by atoms with E-state index in [1.165, 1.54) is 31.2 Å². The van der Waals surface area contributed by atoms with Crippen LogP contribution >= 0.6 is 0 Å². The first-order valence-electron chi connectivity index (χ1n) is 10.4. The summed E-state index contributed by atoms with van der Waals surface area (Å²) < 4.78 is 0. The lowest BCUT2D eigenvalue weighted by atomic mass is 9.86. The van der Waals surface area contributed by atoms with Crippen molar-refractivity contribution in [1.29, 1.82) is 0 Å². The van der Waals surface area contributed by atoms with Gasteiger partial charge in [0, 0.05) is 13.0 Å². The van der Waals surface area contributed by atoms with Gasteiger partial charge in [-0.05, 0) is 42.5 Å². The van der Waals surface area contributed by atoms with Gasteiger partial charge in [-0.25, -0.2) is 0 Å². The monoisotopic (exact) mass is 370 g/mol. The third-order valence-corrected chi connectivity index (χ3v) is 4.73. The molecule has 3 nitrogen and oxygen atoms in total. The zero-order valence-electron chi connectivity index (χ0n) is 18.1. The molecule has 0 fully saturated rings. The van der Waals surface area contributed by atoms with Crippen molar-refractivity contribution in [3.8, 4) is 12.3 Å². The van der Waals surface area contributed by atoms with E-state index < -0.39 is 0 Å². The van der Waals surface area contributed by atoms with Crippen molar-refractivity contribution in [1.82, 2.24) is 4.90 Å². The lowest BCUT2D eigenvalue weighted by Gasteiger charge is -2.22. The van der Waals surface area contributed by atoms with Gasteiger partial charge in [0.2, 0.25) is 0 Å². The lowest BCUT2D eigenvalue weighted by Crippen LogP contribution is -2.29. The van der Waals surface area contributed by atoms with Gasteiger partial charge in [-0.15, -0.1) is 6.42 Å². The summed E-state index contributed by atoms with van der Waals surface area (Å²) >= 11 is 0. The van der Waals surface area contributed by atoms with Crippen LogP contribution in [-0.2, 0) is 10.3 Å². The summed E-state index contributed by atoms with van der Waals surface area (Å²) in [7, 11) is 0. The summed E-state index contributed by atoms with van der Waals surface area (Å²) in [5.41, 5.74) is 3.56. The van der Waals surface area contributed by atoms with E-state index in [4.69, 9.17) is 11.3 Å². The van der Waals surface area contributed by atoms with Gasteiger partial charge in [-0.2, -0.15) is 0 Å². The second-order valence-corrected chi connectivity index (χ2v) is 8.14. The predicted octanol–water partition coefficient (Wildman–Crippen LogP) is 5.63. The molecule has 0 spiro atoms. The molecule has 0 saturated heterocycles. The van der Waals surface area contributed by atoms with Crippen LogP contribution in [0.1, 0.15) is 77.8 Å². The van der Waals surface area contributed by atoms with Crippen LogP contribution in [-0.4, -0.2) is 36.9 Å². The molecular formula is C24H38N2O. The topological polar surface area (TPSA) is 24.8 Å². The van der Waals surface area contributed by atoms with Gasteiger partial charge in [-0.3, -0.25) is 0 Å². The van der Waals surface area contributed by atoms with Crippen LogP contribution in [0, 0.1) is 12.3 Å². The molecule has 0 unspecified atom stereocenters. The molecule has 0 atom stereocenters. The minimum atomic E-state index is 0.146. The number of benzene rings is 1. The van der Waals surface area contributed by atoms with Crippen LogP contribution in [0.3, 0.4) is 0 Å². The minimum absolute atomic E-state index is 0.146. The minimum Gasteiger partial charge on any atom is -0.382 e. The third kappa shape index (κ3) is 9.11. The number of oxime groups is 1. The highest BCUT2D eigenvalue weighted by molar-refractivity contribution is 6.00. The molecular weight excluding hydrogens is 332 g/mol. The van der Waals surface area contributed by atoms with Gasteiger partial charge in [0.25, 0.3) is 0 Å². The summed E-state index contributed by atoms with van der Waals surface area (Å²) in [6.45, 7) is 14.7. The highest BCUT2D eigenvalue weighted by Crippen LogP contribution is 2.22. The quantitative estimate of drug-likeness (QED) is 0.206. The Hall–Kier alpha value is -1.79. The molecule has 0 amide bonds. The average Bonchev–Trinajstić information content (AvgIpc) is 2.65. The van der Waals surface area contributed by atoms with Gasteiger partial charge in [0.15, 0.2) is 6.61 Å². The van der Waals surface area contributed by atoms with Crippen molar-refractivity contribution < 1.29 is 4.84 Å². The first-order valence-corrected chi connectivity index (χ1v) is 10.4. The Labute approximate surface area is 167 Å². The summed E-state index contributed by atoms with van der Waals surface area (Å²) in [5, 5.41) is 4.36. The Kier molecular flexibility index (Phi) is 10.8. The van der Waals surface area contributed by atoms with E-state index in [9.17, 15) is 0 Å².